The van der Waals surface area contributed by atoms with Crippen LogP contribution in [0.5, 0.6) is 0 Å². The maximum Gasteiger partial charge on any atom is 0.265 e. The summed E-state index contributed by atoms with van der Waals surface area (Å²) in [6.07, 6.45) is 1.96. The van der Waals surface area contributed by atoms with Gasteiger partial charge in [0.25, 0.3) is 5.89 Å². The van der Waals surface area contributed by atoms with E-state index in [9.17, 15) is 0 Å². The monoisotopic (exact) mass is 206 g/mol. The van der Waals surface area contributed by atoms with Gasteiger partial charge < -0.3 is 16.0 Å². The third kappa shape index (κ3) is 1.58. The largest absolute Gasteiger partial charge is 0.383 e. The van der Waals surface area contributed by atoms with Gasteiger partial charge >= 0.3 is 0 Å². The molecule has 78 valence electrons. The van der Waals surface area contributed by atoms with Crippen molar-refractivity contribution in [2.75, 3.05) is 11.5 Å². The number of nitrogens with zero attached hydrogens (tertiary/aromatic N) is 4. The standard InChI is InChI=1S/C8H10N6O/c1-2-4-13-8(15-14-4)5-6(9)11-3-12-7(5)10/h3H,2H2,1H3,(H4,9,10,11,12). The fourth-order valence-corrected chi connectivity index (χ4v) is 1.13. The number of rotatable bonds is 2. The topological polar surface area (TPSA) is 117 Å². The fourth-order valence-electron chi connectivity index (χ4n) is 1.13. The predicted octanol–water partition coefficient (Wildman–Crippen LogP) is 0.253. The minimum absolute atomic E-state index is 0.230. The third-order valence-corrected chi connectivity index (χ3v) is 1.90. The second kappa shape index (κ2) is 3.52. The van der Waals surface area contributed by atoms with Gasteiger partial charge in [-0.2, -0.15) is 4.98 Å². The Morgan fingerprint density at radius 1 is 1.27 bits per heavy atom. The molecule has 2 aromatic rings. The van der Waals surface area contributed by atoms with Crippen molar-refractivity contribution in [2.24, 2.45) is 0 Å². The number of hydrogen-bond acceptors (Lipinski definition) is 7. The highest BCUT2D eigenvalue weighted by molar-refractivity contribution is 5.76. The average Bonchev–Trinajstić information content (AvgIpc) is 2.66. The van der Waals surface area contributed by atoms with Gasteiger partial charge in [-0.3, -0.25) is 0 Å². The normalized spacial score (nSPS) is 10.5. The van der Waals surface area contributed by atoms with Crippen LogP contribution >= 0.6 is 0 Å². The van der Waals surface area contributed by atoms with E-state index >= 15 is 0 Å². The Hall–Kier alpha value is -2.18. The van der Waals surface area contributed by atoms with Crippen LogP contribution in [0.25, 0.3) is 11.5 Å². The Kier molecular flexibility index (Phi) is 2.20. The molecule has 2 aromatic heterocycles. The van der Waals surface area contributed by atoms with Crippen LogP contribution in [0.4, 0.5) is 11.6 Å². The molecule has 0 unspecified atom stereocenters. The van der Waals surface area contributed by atoms with E-state index in [1.54, 1.807) is 0 Å². The van der Waals surface area contributed by atoms with E-state index in [4.69, 9.17) is 16.0 Å². The van der Waals surface area contributed by atoms with Gasteiger partial charge in [0.05, 0.1) is 0 Å². The number of hydrogen-bond donors (Lipinski definition) is 2. The lowest BCUT2D eigenvalue weighted by atomic mass is 10.3. The highest BCUT2D eigenvalue weighted by Gasteiger charge is 2.15. The van der Waals surface area contributed by atoms with E-state index in [1.807, 2.05) is 6.92 Å². The Morgan fingerprint density at radius 3 is 2.47 bits per heavy atom. The van der Waals surface area contributed by atoms with Crippen LogP contribution in [0.1, 0.15) is 12.7 Å². The molecule has 0 fully saturated rings. The molecule has 0 atom stereocenters. The van der Waals surface area contributed by atoms with Gasteiger partial charge in [-0.15, -0.1) is 0 Å². The maximum absolute atomic E-state index is 5.65. The minimum atomic E-state index is 0.230. The lowest BCUT2D eigenvalue weighted by Crippen LogP contribution is -2.01. The first-order valence-corrected chi connectivity index (χ1v) is 4.41. The zero-order chi connectivity index (χ0) is 10.8. The Morgan fingerprint density at radius 2 is 1.93 bits per heavy atom. The molecule has 2 rings (SSSR count). The van der Waals surface area contributed by atoms with Crippen molar-refractivity contribution in [1.82, 2.24) is 20.1 Å². The smallest absolute Gasteiger partial charge is 0.265 e. The van der Waals surface area contributed by atoms with Crippen molar-refractivity contribution in [3.8, 4) is 11.5 Å². The number of aryl methyl sites for hydroxylation is 1. The summed E-state index contributed by atoms with van der Waals surface area (Å²) in [7, 11) is 0. The molecule has 4 N–H and O–H groups in total. The quantitative estimate of drug-likeness (QED) is 0.723. The summed E-state index contributed by atoms with van der Waals surface area (Å²) in [5, 5.41) is 3.74. The van der Waals surface area contributed by atoms with Crippen molar-refractivity contribution >= 4 is 11.6 Å². The molecule has 15 heavy (non-hydrogen) atoms. The van der Waals surface area contributed by atoms with Crippen molar-refractivity contribution in [3.05, 3.63) is 12.2 Å². The molecule has 0 aliphatic heterocycles. The summed E-state index contributed by atoms with van der Waals surface area (Å²) in [6, 6.07) is 0. The average molecular weight is 206 g/mol. The summed E-state index contributed by atoms with van der Waals surface area (Å²) in [5.41, 5.74) is 11.7. The first-order chi connectivity index (χ1) is 7.22. The Labute approximate surface area is 85.5 Å². The van der Waals surface area contributed by atoms with Crippen LogP contribution in [0.15, 0.2) is 10.9 Å². The van der Waals surface area contributed by atoms with E-state index in [1.165, 1.54) is 6.33 Å². The highest BCUT2D eigenvalue weighted by Crippen LogP contribution is 2.26. The van der Waals surface area contributed by atoms with Crippen LogP contribution in [0.3, 0.4) is 0 Å². The van der Waals surface area contributed by atoms with Crippen LogP contribution < -0.4 is 11.5 Å². The van der Waals surface area contributed by atoms with Crippen LogP contribution in [0.2, 0.25) is 0 Å². The van der Waals surface area contributed by atoms with Gasteiger partial charge in [0.2, 0.25) is 0 Å². The van der Waals surface area contributed by atoms with Crippen molar-refractivity contribution < 1.29 is 4.52 Å². The molecule has 0 radical (unpaired) electrons. The van der Waals surface area contributed by atoms with Gasteiger partial charge in [0.1, 0.15) is 23.5 Å². The summed E-state index contributed by atoms with van der Waals surface area (Å²) in [4.78, 5) is 11.7. The summed E-state index contributed by atoms with van der Waals surface area (Å²) in [6.45, 7) is 1.92. The molecule has 0 amide bonds. The first-order valence-electron chi connectivity index (χ1n) is 4.41. The molecule has 7 nitrogen and oxygen atoms in total. The molecular weight excluding hydrogens is 196 g/mol. The lowest BCUT2D eigenvalue weighted by Gasteiger charge is -2.00. The van der Waals surface area contributed by atoms with Crippen molar-refractivity contribution in [2.45, 2.75) is 13.3 Å². The number of nitrogen functional groups attached to an aromatic ring is 2. The van der Waals surface area contributed by atoms with Crippen molar-refractivity contribution in [3.63, 3.8) is 0 Å². The molecule has 0 saturated carbocycles. The zero-order valence-corrected chi connectivity index (χ0v) is 8.14. The molecule has 0 bridgehead atoms. The third-order valence-electron chi connectivity index (χ3n) is 1.90. The number of aromatic nitrogens is 4. The SMILES string of the molecule is CCc1noc(-c2c(N)ncnc2N)n1. The fraction of sp³-hybridized carbons (Fsp3) is 0.250. The zero-order valence-electron chi connectivity index (χ0n) is 8.14. The molecule has 2 heterocycles. The van der Waals surface area contributed by atoms with E-state index in [0.29, 0.717) is 17.8 Å². The van der Waals surface area contributed by atoms with E-state index in [2.05, 4.69) is 20.1 Å². The Balaban J connectivity index is 2.53. The van der Waals surface area contributed by atoms with E-state index in [-0.39, 0.29) is 17.5 Å². The van der Waals surface area contributed by atoms with Gasteiger partial charge in [-0.25, -0.2) is 9.97 Å². The molecule has 0 aliphatic carbocycles. The van der Waals surface area contributed by atoms with E-state index in [0.717, 1.165) is 0 Å². The number of nitrogens with two attached hydrogens (primary N) is 2. The summed E-state index contributed by atoms with van der Waals surface area (Å²) < 4.78 is 5.00. The van der Waals surface area contributed by atoms with Gasteiger partial charge in [0, 0.05) is 6.42 Å². The summed E-state index contributed by atoms with van der Waals surface area (Å²) in [5.74, 6) is 1.30. The number of anilines is 2. The Bertz CT molecular complexity index is 459. The summed E-state index contributed by atoms with van der Waals surface area (Å²) >= 11 is 0. The minimum Gasteiger partial charge on any atom is -0.383 e. The molecule has 0 aromatic carbocycles. The van der Waals surface area contributed by atoms with Crippen LogP contribution in [0, 0.1) is 0 Å². The molecule has 7 heteroatoms. The van der Waals surface area contributed by atoms with Crippen LogP contribution in [-0.4, -0.2) is 20.1 Å². The second-order valence-corrected chi connectivity index (χ2v) is 2.89. The molecule has 0 spiro atoms. The highest BCUT2D eigenvalue weighted by atomic mass is 16.5. The lowest BCUT2D eigenvalue weighted by molar-refractivity contribution is 0.423. The van der Waals surface area contributed by atoms with Gasteiger partial charge in [-0.1, -0.05) is 12.1 Å². The van der Waals surface area contributed by atoms with Crippen molar-refractivity contribution in [1.29, 1.82) is 0 Å². The maximum atomic E-state index is 5.65. The second-order valence-electron chi connectivity index (χ2n) is 2.89. The van der Waals surface area contributed by atoms with Crippen LogP contribution in [-0.2, 0) is 6.42 Å². The molecule has 0 aliphatic rings. The van der Waals surface area contributed by atoms with Gasteiger partial charge in [-0.05, 0) is 0 Å². The molecular formula is C8H10N6O. The van der Waals surface area contributed by atoms with Gasteiger partial charge in [0.15, 0.2) is 5.82 Å². The predicted molar refractivity (Wildman–Crippen MR) is 53.5 cm³/mol. The molecule has 0 saturated heterocycles. The van der Waals surface area contributed by atoms with E-state index < -0.39 is 0 Å². The first kappa shape index (κ1) is 9.38.